The fourth-order valence-corrected chi connectivity index (χ4v) is 4.99. The van der Waals surface area contributed by atoms with E-state index in [0.29, 0.717) is 12.0 Å². The van der Waals surface area contributed by atoms with Crippen LogP contribution >= 0.6 is 0 Å². The lowest BCUT2D eigenvalue weighted by molar-refractivity contribution is 0.0529. The van der Waals surface area contributed by atoms with Crippen molar-refractivity contribution in [3.63, 3.8) is 0 Å². The van der Waals surface area contributed by atoms with Crippen molar-refractivity contribution >= 4 is 5.96 Å². The highest BCUT2D eigenvalue weighted by molar-refractivity contribution is 5.80. The summed E-state index contributed by atoms with van der Waals surface area (Å²) in [6, 6.07) is 8.93. The quantitative estimate of drug-likeness (QED) is 0.551. The van der Waals surface area contributed by atoms with E-state index >= 15 is 0 Å². The van der Waals surface area contributed by atoms with Crippen LogP contribution in [0.5, 0.6) is 5.75 Å². The maximum absolute atomic E-state index is 5.72. The van der Waals surface area contributed by atoms with Crippen LogP contribution < -0.4 is 10.1 Å². The van der Waals surface area contributed by atoms with Crippen LogP contribution in [0.3, 0.4) is 0 Å². The van der Waals surface area contributed by atoms with Crippen LogP contribution in [0, 0.1) is 5.92 Å². The zero-order chi connectivity index (χ0) is 22.4. The van der Waals surface area contributed by atoms with Gasteiger partial charge in [-0.2, -0.15) is 0 Å². The summed E-state index contributed by atoms with van der Waals surface area (Å²) in [5.41, 5.74) is 1.32. The Balaban J connectivity index is 1.56. The molecule has 174 valence electrons. The van der Waals surface area contributed by atoms with Crippen LogP contribution in [-0.4, -0.2) is 66.9 Å². The molecule has 0 radical (unpaired) electrons. The second-order valence-electron chi connectivity index (χ2n) is 9.08. The van der Waals surface area contributed by atoms with Gasteiger partial charge in [0.25, 0.3) is 0 Å². The normalized spacial score (nSPS) is 23.7. The number of aromatic nitrogens is 2. The molecule has 2 unspecified atom stereocenters. The summed E-state index contributed by atoms with van der Waals surface area (Å²) in [4.78, 5) is 11.9. The SMILES string of the molecule is CCNC(=NCC1(c2ccc(OC)cc2)CCOCC1)N1CCC(C)C(n2ccnc2)C1. The summed E-state index contributed by atoms with van der Waals surface area (Å²) in [5.74, 6) is 2.52. The molecular formula is C25H37N5O2. The largest absolute Gasteiger partial charge is 0.497 e. The fraction of sp³-hybridized carbons (Fsp3) is 0.600. The van der Waals surface area contributed by atoms with Crippen LogP contribution in [0.2, 0.25) is 0 Å². The average molecular weight is 440 g/mol. The minimum Gasteiger partial charge on any atom is -0.497 e. The number of guanidine groups is 1. The van der Waals surface area contributed by atoms with Crippen molar-refractivity contribution in [3.05, 3.63) is 48.5 Å². The zero-order valence-corrected chi connectivity index (χ0v) is 19.7. The van der Waals surface area contributed by atoms with Gasteiger partial charge in [0.2, 0.25) is 0 Å². The molecule has 32 heavy (non-hydrogen) atoms. The molecule has 2 saturated heterocycles. The number of piperidine rings is 1. The highest BCUT2D eigenvalue weighted by atomic mass is 16.5. The number of aliphatic imine (C=N–C) groups is 1. The van der Waals surface area contributed by atoms with Gasteiger partial charge < -0.3 is 24.3 Å². The van der Waals surface area contributed by atoms with E-state index in [0.717, 1.165) is 70.4 Å². The van der Waals surface area contributed by atoms with Gasteiger partial charge in [-0.15, -0.1) is 0 Å². The van der Waals surface area contributed by atoms with Crippen molar-refractivity contribution in [1.82, 2.24) is 19.8 Å². The minimum atomic E-state index is -0.00196. The van der Waals surface area contributed by atoms with Gasteiger partial charge in [0.15, 0.2) is 5.96 Å². The number of benzene rings is 1. The third-order valence-electron chi connectivity index (χ3n) is 7.14. The molecule has 1 aromatic heterocycles. The third kappa shape index (κ3) is 4.93. The first-order chi connectivity index (χ1) is 15.6. The molecule has 3 heterocycles. The molecule has 1 N–H and O–H groups in total. The van der Waals surface area contributed by atoms with Crippen molar-refractivity contribution in [3.8, 4) is 5.75 Å². The molecule has 7 nitrogen and oxygen atoms in total. The highest BCUT2D eigenvalue weighted by Gasteiger charge is 2.35. The Morgan fingerprint density at radius 3 is 2.72 bits per heavy atom. The van der Waals surface area contributed by atoms with Crippen LogP contribution in [0.25, 0.3) is 0 Å². The molecule has 2 aliphatic rings. The second-order valence-corrected chi connectivity index (χ2v) is 9.08. The Labute approximate surface area is 191 Å². The molecule has 7 heteroatoms. The van der Waals surface area contributed by atoms with Crippen molar-refractivity contribution in [1.29, 1.82) is 0 Å². The molecule has 2 fully saturated rings. The number of nitrogens with zero attached hydrogens (tertiary/aromatic N) is 4. The fourth-order valence-electron chi connectivity index (χ4n) is 4.99. The molecule has 2 atom stereocenters. The Morgan fingerprint density at radius 2 is 2.06 bits per heavy atom. The Hall–Kier alpha value is -2.54. The molecule has 2 aliphatic heterocycles. The van der Waals surface area contributed by atoms with E-state index in [2.05, 4.69) is 64.1 Å². The summed E-state index contributed by atoms with van der Waals surface area (Å²) in [6.45, 7) is 9.63. The summed E-state index contributed by atoms with van der Waals surface area (Å²) < 4.78 is 13.3. The van der Waals surface area contributed by atoms with Gasteiger partial charge in [-0.3, -0.25) is 4.99 Å². The summed E-state index contributed by atoms with van der Waals surface area (Å²) in [6.07, 6.45) is 9.00. The topological polar surface area (TPSA) is 63.9 Å². The molecule has 2 aromatic rings. The van der Waals surface area contributed by atoms with Crippen molar-refractivity contribution < 1.29 is 9.47 Å². The number of ether oxygens (including phenoxy) is 2. The average Bonchev–Trinajstić information content (AvgIpc) is 3.38. The first-order valence-corrected chi connectivity index (χ1v) is 11.9. The van der Waals surface area contributed by atoms with Crippen LogP contribution in [-0.2, 0) is 10.2 Å². The van der Waals surface area contributed by atoms with Gasteiger partial charge in [0, 0.05) is 50.7 Å². The van der Waals surface area contributed by atoms with E-state index in [-0.39, 0.29) is 5.41 Å². The maximum atomic E-state index is 5.72. The summed E-state index contributed by atoms with van der Waals surface area (Å²) in [7, 11) is 1.71. The number of rotatable bonds is 6. The minimum absolute atomic E-state index is 0.00196. The number of likely N-dealkylation sites (tertiary alicyclic amines) is 1. The van der Waals surface area contributed by atoms with E-state index in [1.807, 2.05) is 12.5 Å². The van der Waals surface area contributed by atoms with E-state index in [1.165, 1.54) is 5.56 Å². The summed E-state index contributed by atoms with van der Waals surface area (Å²) in [5, 5.41) is 3.56. The summed E-state index contributed by atoms with van der Waals surface area (Å²) >= 11 is 0. The molecule has 0 aliphatic carbocycles. The Morgan fingerprint density at radius 1 is 1.28 bits per heavy atom. The number of hydrogen-bond donors (Lipinski definition) is 1. The lowest BCUT2D eigenvalue weighted by atomic mass is 9.74. The highest BCUT2D eigenvalue weighted by Crippen LogP contribution is 2.36. The van der Waals surface area contributed by atoms with Gasteiger partial charge in [-0.1, -0.05) is 19.1 Å². The second kappa shape index (κ2) is 10.4. The molecule has 4 rings (SSSR count). The van der Waals surface area contributed by atoms with Gasteiger partial charge in [-0.25, -0.2) is 4.98 Å². The Bertz CT molecular complexity index is 859. The predicted octanol–water partition coefficient (Wildman–Crippen LogP) is 3.49. The maximum Gasteiger partial charge on any atom is 0.194 e. The van der Waals surface area contributed by atoms with E-state index in [1.54, 1.807) is 7.11 Å². The zero-order valence-electron chi connectivity index (χ0n) is 19.7. The molecule has 0 bridgehead atoms. The number of imidazole rings is 1. The van der Waals surface area contributed by atoms with Crippen molar-refractivity contribution in [2.24, 2.45) is 10.9 Å². The van der Waals surface area contributed by atoms with E-state index in [4.69, 9.17) is 14.5 Å². The lowest BCUT2D eigenvalue weighted by Gasteiger charge is -2.40. The van der Waals surface area contributed by atoms with Crippen LogP contribution in [0.15, 0.2) is 48.0 Å². The van der Waals surface area contributed by atoms with Crippen LogP contribution in [0.1, 0.15) is 44.7 Å². The monoisotopic (exact) mass is 439 g/mol. The first-order valence-electron chi connectivity index (χ1n) is 11.9. The number of methoxy groups -OCH3 is 1. The van der Waals surface area contributed by atoms with E-state index < -0.39 is 0 Å². The predicted molar refractivity (Wildman–Crippen MR) is 127 cm³/mol. The van der Waals surface area contributed by atoms with Crippen molar-refractivity contribution in [2.45, 2.75) is 44.6 Å². The van der Waals surface area contributed by atoms with Crippen molar-refractivity contribution in [2.75, 3.05) is 46.5 Å². The number of hydrogen-bond acceptors (Lipinski definition) is 4. The van der Waals surface area contributed by atoms with E-state index in [9.17, 15) is 0 Å². The van der Waals surface area contributed by atoms with Gasteiger partial charge in [0.1, 0.15) is 5.75 Å². The molecule has 1 aromatic carbocycles. The standard InChI is InChI=1S/C25H37N5O2/c1-4-27-24(29-13-9-20(2)23(17-29)30-14-12-26-19-30)28-18-25(10-15-32-16-11-25)21-5-7-22(31-3)8-6-21/h5-8,12,14,19-20,23H,4,9-11,13,15-18H2,1-3H3,(H,27,28). The lowest BCUT2D eigenvalue weighted by Crippen LogP contribution is -2.49. The van der Waals surface area contributed by atoms with Crippen LogP contribution in [0.4, 0.5) is 0 Å². The Kier molecular flexibility index (Phi) is 7.35. The molecular weight excluding hydrogens is 402 g/mol. The third-order valence-corrected chi connectivity index (χ3v) is 7.14. The van der Waals surface area contributed by atoms with Gasteiger partial charge in [-0.05, 0) is 49.8 Å². The van der Waals surface area contributed by atoms with Gasteiger partial charge >= 0.3 is 0 Å². The molecule has 0 saturated carbocycles. The smallest absolute Gasteiger partial charge is 0.194 e. The molecule has 0 amide bonds. The number of nitrogens with one attached hydrogen (secondary N) is 1. The molecule has 0 spiro atoms. The van der Waals surface area contributed by atoms with Gasteiger partial charge in [0.05, 0.1) is 26.0 Å². The first kappa shape index (κ1) is 22.6.